The molecule has 1 aromatic heterocycles. The fraction of sp³-hybridized carbons (Fsp3) is 0.100. The van der Waals surface area contributed by atoms with Gasteiger partial charge < -0.3 is 25.8 Å². The topological polar surface area (TPSA) is 112 Å². The van der Waals surface area contributed by atoms with E-state index in [4.69, 9.17) is 15.2 Å². The molecule has 0 fully saturated rings. The van der Waals surface area contributed by atoms with Gasteiger partial charge in [0.1, 0.15) is 29.8 Å². The van der Waals surface area contributed by atoms with E-state index in [1.165, 1.54) is 0 Å². The molecule has 0 radical (unpaired) electrons. The van der Waals surface area contributed by atoms with Gasteiger partial charge in [-0.2, -0.15) is 4.68 Å². The molecule has 4 N–H and O–H groups in total. The van der Waals surface area contributed by atoms with Crippen molar-refractivity contribution in [3.05, 3.63) is 127 Å². The van der Waals surface area contributed by atoms with Crippen molar-refractivity contribution in [1.82, 2.24) is 20.2 Å². The predicted molar refractivity (Wildman–Crippen MR) is 153 cm³/mol. The summed E-state index contributed by atoms with van der Waals surface area (Å²) in [5.74, 6) is 1.98. The van der Waals surface area contributed by atoms with Gasteiger partial charge in [-0.25, -0.2) is 0 Å². The van der Waals surface area contributed by atoms with Gasteiger partial charge in [0.2, 0.25) is 0 Å². The molecular formula is C30H29N7O2. The van der Waals surface area contributed by atoms with Gasteiger partial charge >= 0.3 is 0 Å². The molecule has 0 aliphatic heterocycles. The molecule has 1 unspecified atom stereocenters. The fourth-order valence-electron chi connectivity index (χ4n) is 4.19. The van der Waals surface area contributed by atoms with Crippen LogP contribution in [0, 0.1) is 0 Å². The lowest BCUT2D eigenvalue weighted by molar-refractivity contribution is 0.304. The third-order valence-electron chi connectivity index (χ3n) is 6.15. The standard InChI is InChI=1S/C30H29N7O2/c1-3-32-26-18-15-23(19-25(26)31)33-29(22-13-16-24(38-2)17-14-22)30-34-35-36-37(30)27-11-7-8-12-28(27)39-20-21-9-5-4-6-10-21/h3-19,29,32-33H,1,20,31H2,2H3. The zero-order valence-corrected chi connectivity index (χ0v) is 21.5. The normalized spacial score (nSPS) is 11.4. The number of ether oxygens (including phenoxy) is 2. The lowest BCUT2D eigenvalue weighted by Crippen LogP contribution is -2.18. The molecule has 0 spiro atoms. The van der Waals surface area contributed by atoms with Crippen LogP contribution in [0.1, 0.15) is 23.0 Å². The number of rotatable bonds is 11. The maximum atomic E-state index is 6.27. The van der Waals surface area contributed by atoms with Crippen molar-refractivity contribution < 1.29 is 9.47 Å². The molecule has 196 valence electrons. The Morgan fingerprint density at radius 3 is 2.49 bits per heavy atom. The quantitative estimate of drug-likeness (QED) is 0.194. The van der Waals surface area contributed by atoms with Crippen LogP contribution in [-0.4, -0.2) is 27.3 Å². The molecule has 0 bridgehead atoms. The van der Waals surface area contributed by atoms with Gasteiger partial charge in [0, 0.05) is 5.69 Å². The highest BCUT2D eigenvalue weighted by Crippen LogP contribution is 2.32. The second-order valence-corrected chi connectivity index (χ2v) is 8.69. The summed E-state index contributed by atoms with van der Waals surface area (Å²) in [5, 5.41) is 19.4. The van der Waals surface area contributed by atoms with Gasteiger partial charge in [-0.15, -0.1) is 5.10 Å². The van der Waals surface area contributed by atoms with Crippen molar-refractivity contribution in [2.24, 2.45) is 0 Å². The minimum absolute atomic E-state index is 0.417. The number of anilines is 3. The highest BCUT2D eigenvalue weighted by molar-refractivity contribution is 5.72. The summed E-state index contributed by atoms with van der Waals surface area (Å²) in [4.78, 5) is 0. The Bertz CT molecular complexity index is 1540. The van der Waals surface area contributed by atoms with Crippen molar-refractivity contribution in [3.63, 3.8) is 0 Å². The van der Waals surface area contributed by atoms with Crippen LogP contribution >= 0.6 is 0 Å². The van der Waals surface area contributed by atoms with Crippen LogP contribution in [0.25, 0.3) is 5.69 Å². The molecule has 39 heavy (non-hydrogen) atoms. The third kappa shape index (κ3) is 5.83. The summed E-state index contributed by atoms with van der Waals surface area (Å²) >= 11 is 0. The lowest BCUT2D eigenvalue weighted by Gasteiger charge is -2.21. The SMILES string of the molecule is C=CNc1ccc(NC(c2ccc(OC)cc2)c2nnnn2-c2ccccc2OCc2ccccc2)cc1N. The van der Waals surface area contributed by atoms with Crippen LogP contribution in [0.4, 0.5) is 17.1 Å². The molecule has 1 atom stereocenters. The maximum Gasteiger partial charge on any atom is 0.183 e. The number of hydrogen-bond donors (Lipinski definition) is 3. The molecule has 0 aliphatic rings. The summed E-state index contributed by atoms with van der Waals surface area (Å²) in [7, 11) is 1.64. The van der Waals surface area contributed by atoms with E-state index in [1.807, 2.05) is 97.1 Å². The Labute approximate surface area is 226 Å². The molecule has 9 heteroatoms. The smallest absolute Gasteiger partial charge is 0.183 e. The van der Waals surface area contributed by atoms with E-state index in [0.29, 0.717) is 23.9 Å². The second-order valence-electron chi connectivity index (χ2n) is 8.69. The number of aromatic nitrogens is 4. The first-order valence-corrected chi connectivity index (χ1v) is 12.4. The predicted octanol–water partition coefficient (Wildman–Crippen LogP) is 5.59. The van der Waals surface area contributed by atoms with Crippen LogP contribution < -0.4 is 25.8 Å². The number of nitrogens with two attached hydrogens (primary N) is 1. The van der Waals surface area contributed by atoms with Gasteiger partial charge in [-0.3, -0.25) is 0 Å². The summed E-state index contributed by atoms with van der Waals surface area (Å²) in [6.45, 7) is 4.12. The monoisotopic (exact) mass is 519 g/mol. The van der Waals surface area contributed by atoms with Gasteiger partial charge in [0.05, 0.1) is 18.5 Å². The van der Waals surface area contributed by atoms with Crippen molar-refractivity contribution in [2.45, 2.75) is 12.6 Å². The number of benzene rings is 4. The number of methoxy groups -OCH3 is 1. The Morgan fingerprint density at radius 2 is 1.74 bits per heavy atom. The number of nitrogens with one attached hydrogen (secondary N) is 2. The molecular weight excluding hydrogens is 490 g/mol. The molecule has 5 rings (SSSR count). The average molecular weight is 520 g/mol. The van der Waals surface area contributed by atoms with Crippen molar-refractivity contribution >= 4 is 17.1 Å². The minimum Gasteiger partial charge on any atom is -0.497 e. The molecule has 0 saturated carbocycles. The van der Waals surface area contributed by atoms with E-state index in [1.54, 1.807) is 18.0 Å². The highest BCUT2D eigenvalue weighted by Gasteiger charge is 2.24. The number of para-hydroxylation sites is 2. The van der Waals surface area contributed by atoms with Crippen molar-refractivity contribution in [1.29, 1.82) is 0 Å². The van der Waals surface area contributed by atoms with Crippen LogP contribution in [0.5, 0.6) is 11.5 Å². The summed E-state index contributed by atoms with van der Waals surface area (Å²) in [5.41, 5.74) is 11.1. The number of tetrazole rings is 1. The van der Waals surface area contributed by atoms with Crippen molar-refractivity contribution in [3.8, 4) is 17.2 Å². The lowest BCUT2D eigenvalue weighted by atomic mass is 10.0. The minimum atomic E-state index is -0.425. The molecule has 4 aromatic carbocycles. The molecule has 1 heterocycles. The van der Waals surface area contributed by atoms with Gasteiger partial charge in [0.25, 0.3) is 0 Å². The largest absolute Gasteiger partial charge is 0.497 e. The zero-order valence-electron chi connectivity index (χ0n) is 21.5. The fourth-order valence-corrected chi connectivity index (χ4v) is 4.19. The summed E-state index contributed by atoms with van der Waals surface area (Å²) in [6, 6.07) is 30.7. The van der Waals surface area contributed by atoms with Crippen molar-refractivity contribution in [2.75, 3.05) is 23.5 Å². The summed E-state index contributed by atoms with van der Waals surface area (Å²) in [6.07, 6.45) is 1.59. The molecule has 0 amide bonds. The van der Waals surface area contributed by atoms with Gasteiger partial charge in [0.15, 0.2) is 5.82 Å². The highest BCUT2D eigenvalue weighted by atomic mass is 16.5. The molecule has 0 saturated heterocycles. The van der Waals surface area contributed by atoms with E-state index in [0.717, 1.165) is 33.9 Å². The Hall–Kier alpha value is -5.31. The van der Waals surface area contributed by atoms with E-state index >= 15 is 0 Å². The Kier molecular flexibility index (Phi) is 7.68. The van der Waals surface area contributed by atoms with Crippen LogP contribution in [0.2, 0.25) is 0 Å². The number of hydrogen-bond acceptors (Lipinski definition) is 8. The van der Waals surface area contributed by atoms with E-state index in [9.17, 15) is 0 Å². The molecule has 0 aliphatic carbocycles. The maximum absolute atomic E-state index is 6.27. The van der Waals surface area contributed by atoms with E-state index in [2.05, 4.69) is 32.7 Å². The Balaban J connectivity index is 1.52. The van der Waals surface area contributed by atoms with Crippen LogP contribution in [0.3, 0.4) is 0 Å². The van der Waals surface area contributed by atoms with Crippen LogP contribution in [0.15, 0.2) is 110 Å². The zero-order chi connectivity index (χ0) is 27.0. The first-order valence-electron chi connectivity index (χ1n) is 12.4. The van der Waals surface area contributed by atoms with Crippen LogP contribution in [-0.2, 0) is 6.61 Å². The van der Waals surface area contributed by atoms with Gasteiger partial charge in [-0.1, -0.05) is 61.2 Å². The third-order valence-corrected chi connectivity index (χ3v) is 6.15. The Morgan fingerprint density at radius 1 is 0.974 bits per heavy atom. The molecule has 9 nitrogen and oxygen atoms in total. The number of nitrogens with zero attached hydrogens (tertiary/aromatic N) is 4. The van der Waals surface area contributed by atoms with E-state index in [-0.39, 0.29) is 0 Å². The average Bonchev–Trinajstić information content (AvgIpc) is 3.46. The number of nitrogen functional groups attached to an aromatic ring is 1. The van der Waals surface area contributed by atoms with E-state index < -0.39 is 6.04 Å². The second kappa shape index (κ2) is 11.8. The first-order chi connectivity index (χ1) is 19.2. The van der Waals surface area contributed by atoms with Gasteiger partial charge in [-0.05, 0) is 70.2 Å². The first kappa shape index (κ1) is 25.3. The molecule has 5 aromatic rings. The summed E-state index contributed by atoms with van der Waals surface area (Å²) < 4.78 is 13.3.